The van der Waals surface area contributed by atoms with Gasteiger partial charge in [0.1, 0.15) is 5.75 Å². The number of carbonyl (C=O) groups is 1. The molecule has 0 radical (unpaired) electrons. The second kappa shape index (κ2) is 6.29. The van der Waals surface area contributed by atoms with Crippen LogP contribution in [0.25, 0.3) is 6.08 Å². The fourth-order valence-corrected chi connectivity index (χ4v) is 2.48. The van der Waals surface area contributed by atoms with Crippen molar-refractivity contribution in [3.05, 3.63) is 58.9 Å². The summed E-state index contributed by atoms with van der Waals surface area (Å²) in [6.45, 7) is 0. The summed E-state index contributed by atoms with van der Waals surface area (Å²) in [5.41, 5.74) is 0.544. The fraction of sp³-hybridized carbons (Fsp3) is 0.0667. The van der Waals surface area contributed by atoms with Crippen molar-refractivity contribution in [2.45, 2.75) is 4.90 Å². The molecule has 1 aromatic carbocycles. The Morgan fingerprint density at radius 3 is 2.45 bits per heavy atom. The van der Waals surface area contributed by atoms with Gasteiger partial charge in [-0.05, 0) is 23.8 Å². The number of sulfone groups is 1. The summed E-state index contributed by atoms with van der Waals surface area (Å²) in [4.78, 5) is 15.9. The number of carbonyl (C=O) groups excluding carboxylic acids is 1. The molecule has 0 fully saturated rings. The van der Waals surface area contributed by atoms with Gasteiger partial charge in [0.25, 0.3) is 0 Å². The number of aromatic hydroxyl groups is 1. The molecule has 0 saturated heterocycles. The number of nitrogens with zero attached hydrogens (tertiary/aromatic N) is 1. The molecule has 0 aliphatic rings. The highest BCUT2D eigenvalue weighted by molar-refractivity contribution is 7.90. The Hall–Kier alpha value is -2.18. The lowest BCUT2D eigenvalue weighted by Crippen LogP contribution is -1.98. The number of aromatic nitrogens is 1. The van der Waals surface area contributed by atoms with Crippen molar-refractivity contribution >= 4 is 33.3 Å². The third kappa shape index (κ3) is 3.93. The minimum atomic E-state index is -3.25. The van der Waals surface area contributed by atoms with Gasteiger partial charge in [-0.1, -0.05) is 29.8 Å². The molecule has 0 bridgehead atoms. The van der Waals surface area contributed by atoms with Gasteiger partial charge in [0.15, 0.2) is 15.5 Å². The summed E-state index contributed by atoms with van der Waals surface area (Å²) in [5, 5.41) is 9.85. The maximum absolute atomic E-state index is 11.9. The molecule has 0 atom stereocenters. The zero-order chi connectivity index (χ0) is 16.3. The summed E-state index contributed by atoms with van der Waals surface area (Å²) < 4.78 is 22.7. The van der Waals surface area contributed by atoms with E-state index in [1.54, 1.807) is 12.1 Å². The molecule has 114 valence electrons. The largest absolute Gasteiger partial charge is 0.505 e. The summed E-state index contributed by atoms with van der Waals surface area (Å²) in [5.74, 6) is -0.782. The minimum absolute atomic E-state index is 0.103. The average molecular weight is 338 g/mol. The van der Waals surface area contributed by atoms with E-state index in [0.717, 1.165) is 6.26 Å². The molecular formula is C15H12ClNO4S. The number of hydrogen-bond donors (Lipinski definition) is 1. The van der Waals surface area contributed by atoms with Gasteiger partial charge in [0, 0.05) is 18.5 Å². The van der Waals surface area contributed by atoms with Crippen LogP contribution in [0.4, 0.5) is 0 Å². The van der Waals surface area contributed by atoms with Crippen molar-refractivity contribution in [1.29, 1.82) is 0 Å². The van der Waals surface area contributed by atoms with Crippen molar-refractivity contribution in [2.24, 2.45) is 0 Å². The van der Waals surface area contributed by atoms with E-state index in [4.69, 9.17) is 11.6 Å². The van der Waals surface area contributed by atoms with Gasteiger partial charge in [-0.3, -0.25) is 4.79 Å². The monoisotopic (exact) mass is 337 g/mol. The number of benzene rings is 1. The molecule has 1 heterocycles. The van der Waals surface area contributed by atoms with E-state index in [1.807, 2.05) is 0 Å². The molecule has 7 heteroatoms. The summed E-state index contributed by atoms with van der Waals surface area (Å²) in [6, 6.07) is 7.30. The Kier molecular flexibility index (Phi) is 4.63. The molecule has 0 spiro atoms. The standard InChI is InChI=1S/C15H12ClNO4S/c1-22(20,21)12-5-2-10(3-6-12)4-7-13(18)15-14(19)8-11(16)9-17-15/h2-9,19H,1H3/b7-4+. The lowest BCUT2D eigenvalue weighted by Gasteiger charge is -2.00. The molecule has 0 amide bonds. The number of pyridine rings is 1. The average Bonchev–Trinajstić information content (AvgIpc) is 2.44. The Balaban J connectivity index is 2.19. The smallest absolute Gasteiger partial charge is 0.207 e. The van der Waals surface area contributed by atoms with Gasteiger partial charge < -0.3 is 5.11 Å². The van der Waals surface area contributed by atoms with Gasteiger partial charge in [-0.25, -0.2) is 13.4 Å². The zero-order valence-electron chi connectivity index (χ0n) is 11.5. The van der Waals surface area contributed by atoms with Gasteiger partial charge in [-0.15, -0.1) is 0 Å². The second-order valence-electron chi connectivity index (χ2n) is 4.56. The molecule has 1 aromatic heterocycles. The van der Waals surface area contributed by atoms with Crippen LogP contribution in [0.15, 0.2) is 47.5 Å². The molecule has 0 aliphatic heterocycles. The zero-order valence-corrected chi connectivity index (χ0v) is 13.1. The van der Waals surface area contributed by atoms with Crippen molar-refractivity contribution in [3.8, 4) is 5.75 Å². The van der Waals surface area contributed by atoms with E-state index in [-0.39, 0.29) is 21.4 Å². The summed E-state index contributed by atoms with van der Waals surface area (Å²) in [7, 11) is -3.25. The first-order valence-electron chi connectivity index (χ1n) is 6.14. The van der Waals surface area contributed by atoms with Crippen LogP contribution in [-0.4, -0.2) is 30.5 Å². The van der Waals surface area contributed by atoms with Crippen molar-refractivity contribution < 1.29 is 18.3 Å². The van der Waals surface area contributed by atoms with Crippen LogP contribution in [-0.2, 0) is 9.84 Å². The highest BCUT2D eigenvalue weighted by atomic mass is 35.5. The number of hydrogen-bond acceptors (Lipinski definition) is 5. The third-order valence-corrected chi connectivity index (χ3v) is 4.14. The van der Waals surface area contributed by atoms with E-state index in [1.165, 1.54) is 36.5 Å². The molecule has 22 heavy (non-hydrogen) atoms. The first kappa shape index (κ1) is 16.2. The van der Waals surface area contributed by atoms with Crippen LogP contribution in [0.5, 0.6) is 5.75 Å². The van der Waals surface area contributed by atoms with Crippen molar-refractivity contribution in [3.63, 3.8) is 0 Å². The molecule has 0 unspecified atom stereocenters. The van der Waals surface area contributed by atoms with Gasteiger partial charge in [0.05, 0.1) is 9.92 Å². The first-order valence-corrected chi connectivity index (χ1v) is 8.41. The van der Waals surface area contributed by atoms with Crippen LogP contribution in [0, 0.1) is 0 Å². The number of rotatable bonds is 4. The Morgan fingerprint density at radius 2 is 1.91 bits per heavy atom. The lowest BCUT2D eigenvalue weighted by molar-refractivity contribution is 0.104. The molecule has 1 N–H and O–H groups in total. The second-order valence-corrected chi connectivity index (χ2v) is 7.01. The summed E-state index contributed by atoms with van der Waals surface area (Å²) in [6.07, 6.45) is 5.13. The van der Waals surface area contributed by atoms with Gasteiger partial charge in [0.2, 0.25) is 5.78 Å². The Labute approximate surface area is 132 Å². The normalized spacial score (nSPS) is 11.7. The van der Waals surface area contributed by atoms with Crippen LogP contribution < -0.4 is 0 Å². The highest BCUT2D eigenvalue weighted by Gasteiger charge is 2.10. The Morgan fingerprint density at radius 1 is 1.27 bits per heavy atom. The minimum Gasteiger partial charge on any atom is -0.505 e. The first-order chi connectivity index (χ1) is 10.3. The van der Waals surface area contributed by atoms with Gasteiger partial charge >= 0.3 is 0 Å². The summed E-state index contributed by atoms with van der Waals surface area (Å²) >= 11 is 5.65. The SMILES string of the molecule is CS(=O)(=O)c1ccc(/C=C/C(=O)c2ncc(Cl)cc2O)cc1. The van der Waals surface area contributed by atoms with E-state index in [0.29, 0.717) is 5.56 Å². The van der Waals surface area contributed by atoms with Crippen LogP contribution in [0.2, 0.25) is 5.02 Å². The quantitative estimate of drug-likeness (QED) is 0.685. The maximum Gasteiger partial charge on any atom is 0.207 e. The molecular weight excluding hydrogens is 326 g/mol. The van der Waals surface area contributed by atoms with E-state index >= 15 is 0 Å². The maximum atomic E-state index is 11.9. The molecule has 2 aromatic rings. The molecule has 0 aliphatic carbocycles. The lowest BCUT2D eigenvalue weighted by atomic mass is 10.1. The number of ketones is 1. The van der Waals surface area contributed by atoms with Crippen molar-refractivity contribution in [1.82, 2.24) is 4.98 Å². The molecule has 2 rings (SSSR count). The highest BCUT2D eigenvalue weighted by Crippen LogP contribution is 2.20. The van der Waals surface area contributed by atoms with Gasteiger partial charge in [-0.2, -0.15) is 0 Å². The molecule has 0 saturated carbocycles. The number of allylic oxidation sites excluding steroid dienone is 1. The van der Waals surface area contributed by atoms with E-state index < -0.39 is 15.6 Å². The fourth-order valence-electron chi connectivity index (χ4n) is 1.70. The van der Waals surface area contributed by atoms with Crippen molar-refractivity contribution in [2.75, 3.05) is 6.26 Å². The Bertz CT molecular complexity index is 842. The number of halogens is 1. The van der Waals surface area contributed by atoms with E-state index in [2.05, 4.69) is 4.98 Å². The van der Waals surface area contributed by atoms with E-state index in [9.17, 15) is 18.3 Å². The predicted molar refractivity (Wildman–Crippen MR) is 83.8 cm³/mol. The van der Waals surface area contributed by atoms with Crippen LogP contribution in [0.1, 0.15) is 16.1 Å². The predicted octanol–water partition coefficient (Wildman–Crippen LogP) is 2.74. The molecule has 5 nitrogen and oxygen atoms in total. The van der Waals surface area contributed by atoms with Crippen LogP contribution in [0.3, 0.4) is 0 Å². The topological polar surface area (TPSA) is 84.3 Å². The van der Waals surface area contributed by atoms with Crippen LogP contribution >= 0.6 is 11.6 Å². The third-order valence-electron chi connectivity index (χ3n) is 2.80.